The predicted molar refractivity (Wildman–Crippen MR) is 76.8 cm³/mol. The molecule has 3 rings (SSSR count). The van der Waals surface area contributed by atoms with Crippen molar-refractivity contribution in [1.82, 2.24) is 15.3 Å². The molecule has 1 aromatic carbocycles. The van der Waals surface area contributed by atoms with Crippen molar-refractivity contribution < 1.29 is 4.79 Å². The molecule has 1 aliphatic heterocycles. The average molecular weight is 289 g/mol. The standard InChI is InChI=1S/C14H13ClN4O/c15-11-3-1-2-9(6-11)13(20)19-14-17-8-10-7-16-5-4-12(10)18-14/h1-3,6,8,16H,4-5,7H2,(H,17,18,19,20). The monoisotopic (exact) mass is 288 g/mol. The van der Waals surface area contributed by atoms with Gasteiger partial charge in [0.25, 0.3) is 5.91 Å². The Kier molecular flexibility index (Phi) is 3.62. The Morgan fingerprint density at radius 1 is 1.40 bits per heavy atom. The predicted octanol–water partition coefficient (Wildman–Crippen LogP) is 2.03. The molecule has 2 heterocycles. The summed E-state index contributed by atoms with van der Waals surface area (Å²) in [5.74, 6) is 0.0667. The molecule has 0 unspecified atom stereocenters. The summed E-state index contributed by atoms with van der Waals surface area (Å²) in [6.07, 6.45) is 2.60. The van der Waals surface area contributed by atoms with E-state index in [0.717, 1.165) is 30.8 Å². The second-order valence-corrected chi connectivity index (χ2v) is 4.99. The highest BCUT2D eigenvalue weighted by Gasteiger charge is 2.13. The summed E-state index contributed by atoms with van der Waals surface area (Å²) >= 11 is 5.87. The summed E-state index contributed by atoms with van der Waals surface area (Å²) in [7, 11) is 0. The number of nitrogens with zero attached hydrogens (tertiary/aromatic N) is 2. The van der Waals surface area contributed by atoms with Gasteiger partial charge in [0, 0.05) is 41.9 Å². The molecule has 0 radical (unpaired) electrons. The fourth-order valence-electron chi connectivity index (χ4n) is 2.10. The smallest absolute Gasteiger partial charge is 0.258 e. The van der Waals surface area contributed by atoms with Gasteiger partial charge in [-0.15, -0.1) is 0 Å². The van der Waals surface area contributed by atoms with Crippen molar-refractivity contribution in [3.63, 3.8) is 0 Å². The second kappa shape index (κ2) is 5.56. The number of aromatic nitrogens is 2. The van der Waals surface area contributed by atoms with E-state index in [2.05, 4.69) is 20.6 Å². The van der Waals surface area contributed by atoms with Gasteiger partial charge in [-0.2, -0.15) is 0 Å². The third-order valence-electron chi connectivity index (χ3n) is 3.12. The van der Waals surface area contributed by atoms with Gasteiger partial charge in [-0.3, -0.25) is 10.1 Å². The molecule has 0 saturated heterocycles. The van der Waals surface area contributed by atoms with Gasteiger partial charge in [-0.1, -0.05) is 17.7 Å². The molecule has 20 heavy (non-hydrogen) atoms. The van der Waals surface area contributed by atoms with Crippen LogP contribution in [0.1, 0.15) is 21.6 Å². The number of carbonyl (C=O) groups excluding carboxylic acids is 1. The molecule has 5 nitrogen and oxygen atoms in total. The SMILES string of the molecule is O=C(Nc1ncc2c(n1)CCNC2)c1cccc(Cl)c1. The van der Waals surface area contributed by atoms with E-state index >= 15 is 0 Å². The van der Waals surface area contributed by atoms with E-state index in [0.29, 0.717) is 16.5 Å². The minimum Gasteiger partial charge on any atom is -0.312 e. The highest BCUT2D eigenvalue weighted by molar-refractivity contribution is 6.31. The summed E-state index contributed by atoms with van der Waals surface area (Å²) in [5, 5.41) is 6.47. The molecule has 6 heteroatoms. The van der Waals surface area contributed by atoms with Crippen LogP contribution in [0, 0.1) is 0 Å². The number of benzene rings is 1. The number of carbonyl (C=O) groups is 1. The van der Waals surface area contributed by atoms with Crippen LogP contribution in [-0.2, 0) is 13.0 Å². The molecular formula is C14H13ClN4O. The average Bonchev–Trinajstić information content (AvgIpc) is 2.47. The van der Waals surface area contributed by atoms with Crippen molar-refractivity contribution >= 4 is 23.5 Å². The van der Waals surface area contributed by atoms with Gasteiger partial charge in [-0.05, 0) is 18.2 Å². The van der Waals surface area contributed by atoms with Gasteiger partial charge in [-0.25, -0.2) is 9.97 Å². The highest BCUT2D eigenvalue weighted by Crippen LogP contribution is 2.14. The van der Waals surface area contributed by atoms with Crippen molar-refractivity contribution in [2.24, 2.45) is 0 Å². The number of hydrogen-bond donors (Lipinski definition) is 2. The van der Waals surface area contributed by atoms with Crippen molar-refractivity contribution in [1.29, 1.82) is 0 Å². The topological polar surface area (TPSA) is 66.9 Å². The van der Waals surface area contributed by atoms with Crippen molar-refractivity contribution in [3.05, 3.63) is 52.3 Å². The molecule has 102 valence electrons. The molecule has 1 amide bonds. The Bertz CT molecular complexity index is 659. The van der Waals surface area contributed by atoms with Crippen LogP contribution >= 0.6 is 11.6 Å². The molecule has 0 saturated carbocycles. The Labute approximate surface area is 121 Å². The van der Waals surface area contributed by atoms with E-state index in [1.807, 2.05) is 0 Å². The molecule has 1 aromatic heterocycles. The van der Waals surface area contributed by atoms with Gasteiger partial charge >= 0.3 is 0 Å². The molecule has 1 aliphatic rings. The Morgan fingerprint density at radius 3 is 3.15 bits per heavy atom. The van der Waals surface area contributed by atoms with Crippen LogP contribution in [0.2, 0.25) is 5.02 Å². The third-order valence-corrected chi connectivity index (χ3v) is 3.36. The highest BCUT2D eigenvalue weighted by atomic mass is 35.5. The number of nitrogens with one attached hydrogen (secondary N) is 2. The lowest BCUT2D eigenvalue weighted by Crippen LogP contribution is -2.25. The molecule has 0 fully saturated rings. The maximum absolute atomic E-state index is 12.1. The first-order chi connectivity index (χ1) is 9.72. The summed E-state index contributed by atoms with van der Waals surface area (Å²) in [4.78, 5) is 20.6. The summed E-state index contributed by atoms with van der Waals surface area (Å²) in [6, 6.07) is 6.76. The van der Waals surface area contributed by atoms with Gasteiger partial charge in [0.05, 0.1) is 5.69 Å². The first-order valence-electron chi connectivity index (χ1n) is 6.35. The third kappa shape index (κ3) is 2.79. The van der Waals surface area contributed by atoms with Crippen LogP contribution in [-0.4, -0.2) is 22.4 Å². The molecule has 2 N–H and O–H groups in total. The number of hydrogen-bond acceptors (Lipinski definition) is 4. The number of fused-ring (bicyclic) bond motifs is 1. The van der Waals surface area contributed by atoms with E-state index in [4.69, 9.17) is 11.6 Å². The van der Waals surface area contributed by atoms with E-state index < -0.39 is 0 Å². The van der Waals surface area contributed by atoms with E-state index in [1.165, 1.54) is 0 Å². The largest absolute Gasteiger partial charge is 0.312 e. The Balaban J connectivity index is 1.79. The zero-order valence-electron chi connectivity index (χ0n) is 10.7. The zero-order chi connectivity index (χ0) is 13.9. The minimum atomic E-state index is -0.263. The number of amides is 1. The van der Waals surface area contributed by atoms with Crippen molar-refractivity contribution in [2.45, 2.75) is 13.0 Å². The normalized spacial score (nSPS) is 13.7. The number of anilines is 1. The Morgan fingerprint density at radius 2 is 2.30 bits per heavy atom. The zero-order valence-corrected chi connectivity index (χ0v) is 11.4. The maximum atomic E-state index is 12.1. The molecule has 0 spiro atoms. The number of halogens is 1. The van der Waals surface area contributed by atoms with Crippen LogP contribution in [0.15, 0.2) is 30.5 Å². The molecule has 0 bridgehead atoms. The van der Waals surface area contributed by atoms with E-state index in [1.54, 1.807) is 30.5 Å². The van der Waals surface area contributed by atoms with Crippen molar-refractivity contribution in [2.75, 3.05) is 11.9 Å². The first-order valence-corrected chi connectivity index (χ1v) is 6.72. The fourth-order valence-corrected chi connectivity index (χ4v) is 2.29. The van der Waals surface area contributed by atoms with Gasteiger partial charge in [0.1, 0.15) is 0 Å². The van der Waals surface area contributed by atoms with Crippen molar-refractivity contribution in [3.8, 4) is 0 Å². The van der Waals surface area contributed by atoms with Crippen LogP contribution < -0.4 is 10.6 Å². The quantitative estimate of drug-likeness (QED) is 0.887. The summed E-state index contributed by atoms with van der Waals surface area (Å²) in [6.45, 7) is 1.67. The van der Waals surface area contributed by atoms with E-state index in [9.17, 15) is 4.79 Å². The molecule has 0 atom stereocenters. The van der Waals surface area contributed by atoms with Gasteiger partial charge < -0.3 is 5.32 Å². The Hall–Kier alpha value is -1.98. The van der Waals surface area contributed by atoms with Gasteiger partial charge in [0.15, 0.2) is 0 Å². The lowest BCUT2D eigenvalue weighted by atomic mass is 10.1. The molecular weight excluding hydrogens is 276 g/mol. The summed E-state index contributed by atoms with van der Waals surface area (Å²) in [5.41, 5.74) is 2.55. The number of rotatable bonds is 2. The van der Waals surface area contributed by atoms with Crippen LogP contribution in [0.4, 0.5) is 5.95 Å². The minimum absolute atomic E-state index is 0.263. The maximum Gasteiger partial charge on any atom is 0.258 e. The first kappa shape index (κ1) is 13.0. The lowest BCUT2D eigenvalue weighted by Gasteiger charge is -2.16. The van der Waals surface area contributed by atoms with E-state index in [-0.39, 0.29) is 5.91 Å². The van der Waals surface area contributed by atoms with Gasteiger partial charge in [0.2, 0.25) is 5.95 Å². The fraction of sp³-hybridized carbons (Fsp3) is 0.214. The lowest BCUT2D eigenvalue weighted by molar-refractivity contribution is 0.102. The van der Waals surface area contributed by atoms with Crippen LogP contribution in [0.25, 0.3) is 0 Å². The second-order valence-electron chi connectivity index (χ2n) is 4.56. The molecule has 2 aromatic rings. The van der Waals surface area contributed by atoms with Crippen LogP contribution in [0.5, 0.6) is 0 Å². The van der Waals surface area contributed by atoms with Crippen LogP contribution in [0.3, 0.4) is 0 Å². The molecule has 0 aliphatic carbocycles. The summed E-state index contributed by atoms with van der Waals surface area (Å²) < 4.78 is 0.